The summed E-state index contributed by atoms with van der Waals surface area (Å²) in [7, 11) is 4.01. The van der Waals surface area contributed by atoms with Crippen molar-refractivity contribution in [2.75, 3.05) is 0 Å². The van der Waals surface area contributed by atoms with Gasteiger partial charge in [-0.3, -0.25) is 4.98 Å². The smallest absolute Gasteiger partial charge is 0.0285 e. The fraction of sp³-hybridized carbons (Fsp3) is 0.455. The summed E-state index contributed by atoms with van der Waals surface area (Å²) in [6.07, 6.45) is 1.81. The second kappa shape index (κ2) is 99.1. The van der Waals surface area contributed by atoms with Crippen molar-refractivity contribution in [1.29, 1.82) is 0 Å². The number of rotatable bonds is 0. The van der Waals surface area contributed by atoms with Crippen molar-refractivity contribution >= 4 is 21.9 Å². The van der Waals surface area contributed by atoms with Gasteiger partial charge in [0.25, 0.3) is 0 Å². The first kappa shape index (κ1) is 117. The number of nitrogens with zero attached hydrogens (tertiary/aromatic N) is 2. The maximum atomic E-state index is 4.37. The third-order valence-corrected chi connectivity index (χ3v) is 2.53. The quantitative estimate of drug-likeness (QED) is 0.210. The van der Waals surface area contributed by atoms with E-state index < -0.39 is 0 Å². The van der Waals surface area contributed by atoms with E-state index in [2.05, 4.69) is 24.2 Å². The van der Waals surface area contributed by atoms with Gasteiger partial charge in [0.05, 0.1) is 0 Å². The first-order chi connectivity index (χ1) is 11.9. The normalized spacial score (nSPS) is 4.77. The fourth-order valence-corrected chi connectivity index (χ4v) is 1.86. The molecule has 0 amide bonds. The van der Waals surface area contributed by atoms with E-state index in [1.807, 2.05) is 104 Å². The molecule has 0 spiro atoms. The predicted octanol–water partition coefficient (Wildman–Crippen LogP) is 7.92. The Labute approximate surface area is 621 Å². The Hall–Kier alpha value is 14.6. The van der Waals surface area contributed by atoms with E-state index in [0.717, 1.165) is 21.9 Å². The van der Waals surface area contributed by atoms with Crippen molar-refractivity contribution in [3.8, 4) is 0 Å². The molecular formula is C22H39N2Y15-. The molecule has 0 N–H and O–H groups in total. The van der Waals surface area contributed by atoms with Crippen LogP contribution < -0.4 is 0 Å². The van der Waals surface area contributed by atoms with Crippen molar-refractivity contribution in [3.05, 3.63) is 49.6 Å². The zero-order chi connectivity index (χ0) is 19.5. The van der Waals surface area contributed by atoms with E-state index >= 15 is 0 Å². The largest absolute Gasteiger partial charge is 0.479 e. The van der Waals surface area contributed by atoms with Crippen molar-refractivity contribution in [2.24, 2.45) is 0 Å². The summed E-state index contributed by atoms with van der Waals surface area (Å²) < 4.78 is 1.93. The summed E-state index contributed by atoms with van der Waals surface area (Å²) in [5, 5.41) is 1.16. The molecule has 17 heteroatoms. The van der Waals surface area contributed by atoms with Crippen molar-refractivity contribution < 1.29 is 491 Å². The van der Waals surface area contributed by atoms with E-state index in [4.69, 9.17) is 0 Å². The van der Waals surface area contributed by atoms with Gasteiger partial charge in [-0.25, -0.2) is 0 Å². The van der Waals surface area contributed by atoms with Crippen molar-refractivity contribution in [2.45, 2.75) is 69.2 Å². The molecule has 0 fully saturated rings. The number of hydrogen-bond donors (Lipinski definition) is 0. The topological polar surface area (TPSA) is 17.8 Å². The van der Waals surface area contributed by atoms with Crippen LogP contribution in [0.2, 0.25) is 0 Å². The van der Waals surface area contributed by atoms with E-state index in [9.17, 15) is 0 Å². The van der Waals surface area contributed by atoms with Crippen LogP contribution in [0.4, 0.5) is 0 Å². The Morgan fingerprint density at radius 1 is 0.436 bits per heavy atom. The minimum absolute atomic E-state index is 0. The predicted molar refractivity (Wildman–Crippen MR) is 115 cm³/mol. The monoisotopic (exact) mass is 1660 g/mol. The summed E-state index contributed by atoms with van der Waals surface area (Å²) in [6, 6.07) is 12.1. The van der Waals surface area contributed by atoms with Gasteiger partial charge in [0.15, 0.2) is 0 Å². The van der Waals surface area contributed by atoms with Gasteiger partial charge in [0.2, 0.25) is 0 Å². The summed E-state index contributed by atoms with van der Waals surface area (Å²) in [6.45, 7) is 20.0. The maximum Gasteiger partial charge on any atom is 0.0285 e. The zero-order valence-electron chi connectivity index (χ0n) is 26.3. The SMILES string of the molecule is CC.CC.CC.CC.CC.[CH2-]n1c2ccccc2c2ncccc21.[Y].[Y].[Y].[Y].[Y].[Y].[Y].[Y].[Y].[Y].[Y].[Y].[Y].[Y].[Y]. The Morgan fingerprint density at radius 3 is 1.05 bits per heavy atom. The first-order valence-electron chi connectivity index (χ1n) is 9.53. The molecule has 0 atom stereocenters. The van der Waals surface area contributed by atoms with Crippen LogP contribution in [0, 0.1) is 7.05 Å². The Kier molecular flexibility index (Phi) is 297. The zero-order valence-corrected chi connectivity index (χ0v) is 68.9. The summed E-state index contributed by atoms with van der Waals surface area (Å²) in [4.78, 5) is 4.37. The van der Waals surface area contributed by atoms with Crippen LogP contribution in [0.25, 0.3) is 21.9 Å². The van der Waals surface area contributed by atoms with Crippen molar-refractivity contribution in [1.82, 2.24) is 9.55 Å². The summed E-state index contributed by atoms with van der Waals surface area (Å²) in [5.74, 6) is 0. The molecule has 0 saturated heterocycles. The van der Waals surface area contributed by atoms with Gasteiger partial charge in [0, 0.05) is 502 Å². The maximum absolute atomic E-state index is 4.37. The number of hydrogen-bond acceptors (Lipinski definition) is 1. The Morgan fingerprint density at radius 2 is 0.718 bits per heavy atom. The molecule has 39 heavy (non-hydrogen) atoms. The molecule has 3 rings (SSSR count). The molecule has 15 radical (unpaired) electrons. The van der Waals surface area contributed by atoms with Crippen LogP contribution in [-0.4, -0.2) is 9.55 Å². The van der Waals surface area contributed by atoms with Crippen LogP contribution in [0.3, 0.4) is 0 Å². The third kappa shape index (κ3) is 57.0. The third-order valence-electron chi connectivity index (χ3n) is 2.53. The van der Waals surface area contributed by atoms with E-state index in [0.29, 0.717) is 0 Å². The number of para-hydroxylation sites is 1. The molecule has 0 aliphatic carbocycles. The molecule has 2 heterocycles. The molecule has 183 valence electrons. The van der Waals surface area contributed by atoms with Crippen LogP contribution in [0.1, 0.15) is 69.2 Å². The second-order valence-electron chi connectivity index (χ2n) is 3.32. The molecule has 1 aromatic carbocycles. The Balaban J connectivity index is -0.0000000102. The molecule has 2 aromatic heterocycles. The van der Waals surface area contributed by atoms with E-state index in [1.54, 1.807) is 0 Å². The van der Waals surface area contributed by atoms with Gasteiger partial charge >= 0.3 is 0 Å². The van der Waals surface area contributed by atoms with Crippen LogP contribution >= 0.6 is 0 Å². The second-order valence-corrected chi connectivity index (χ2v) is 3.32. The summed E-state index contributed by atoms with van der Waals surface area (Å²) >= 11 is 0. The van der Waals surface area contributed by atoms with E-state index in [1.165, 1.54) is 0 Å². The Bertz CT molecular complexity index is 594. The molecular weight excluding hydrogens is 1630 g/mol. The standard InChI is InChI=1S/C12H9N2.5C2H6.15Y/c1-14-10-6-3-2-5-9(10)12-11(14)7-4-8-13-12;5*1-2;;;;;;;;;;;;;;;/h2-8H,1H2;5*1-2H3;;;;;;;;;;;;;;;/q-1;;;;;;;;;;;;;;;;;;;;. The molecule has 0 aliphatic rings. The van der Waals surface area contributed by atoms with Gasteiger partial charge < -0.3 is 4.57 Å². The van der Waals surface area contributed by atoms with Gasteiger partial charge in [-0.1, -0.05) is 111 Å². The van der Waals surface area contributed by atoms with Crippen LogP contribution in [0.5, 0.6) is 0 Å². The first-order valence-corrected chi connectivity index (χ1v) is 9.53. The molecule has 0 aliphatic heterocycles. The van der Waals surface area contributed by atoms with Crippen molar-refractivity contribution in [3.63, 3.8) is 0 Å². The molecule has 0 bridgehead atoms. The number of benzene rings is 1. The molecule has 0 saturated carbocycles. The molecule has 3 aromatic rings. The van der Waals surface area contributed by atoms with Gasteiger partial charge in [-0.05, 0) is 10.9 Å². The number of aromatic nitrogens is 2. The average Bonchev–Trinajstić information content (AvgIpc) is 3.03. The van der Waals surface area contributed by atoms with Gasteiger partial charge in [0.1, 0.15) is 0 Å². The number of pyridine rings is 1. The minimum atomic E-state index is 0. The van der Waals surface area contributed by atoms with Crippen LogP contribution in [-0.2, 0) is 491 Å². The molecule has 2 nitrogen and oxygen atoms in total. The number of fused-ring (bicyclic) bond motifs is 3. The average molecular weight is 1670 g/mol. The van der Waals surface area contributed by atoms with Crippen LogP contribution in [0.15, 0.2) is 42.6 Å². The van der Waals surface area contributed by atoms with Gasteiger partial charge in [-0.15, -0.1) is 7.05 Å². The minimum Gasteiger partial charge on any atom is -0.479 e. The summed E-state index contributed by atoms with van der Waals surface area (Å²) in [5.41, 5.74) is 3.23. The van der Waals surface area contributed by atoms with E-state index in [-0.39, 0.29) is 491 Å². The molecule has 0 unspecified atom stereocenters. The van der Waals surface area contributed by atoms with Gasteiger partial charge in [-0.2, -0.15) is 0 Å². The fourth-order valence-electron chi connectivity index (χ4n) is 1.86.